The summed E-state index contributed by atoms with van der Waals surface area (Å²) >= 11 is 0. The molecule has 5 nitrogen and oxygen atoms in total. The molecule has 0 spiro atoms. The van der Waals surface area contributed by atoms with Crippen LogP contribution in [0.3, 0.4) is 0 Å². The van der Waals surface area contributed by atoms with E-state index in [1.165, 1.54) is 38.5 Å². The summed E-state index contributed by atoms with van der Waals surface area (Å²) in [5, 5.41) is 0. The van der Waals surface area contributed by atoms with E-state index in [1.54, 1.807) is 0 Å². The van der Waals surface area contributed by atoms with Gasteiger partial charge in [0.05, 0.1) is 23.9 Å². The molecule has 6 rings (SSSR count). The Balaban J connectivity index is 0.00000160. The van der Waals surface area contributed by atoms with Crippen LogP contribution in [0, 0.1) is 11.8 Å². The molecule has 0 aromatic rings. The van der Waals surface area contributed by atoms with Gasteiger partial charge in [0, 0.05) is 0 Å². The maximum atomic E-state index is 13.5. The molecule has 0 bridgehead atoms. The Labute approximate surface area is 171 Å². The summed E-state index contributed by atoms with van der Waals surface area (Å²) in [4.78, 5) is 31.3. The summed E-state index contributed by atoms with van der Waals surface area (Å²) in [7, 11) is 0. The van der Waals surface area contributed by atoms with Gasteiger partial charge in [0.2, 0.25) is 0 Å². The summed E-state index contributed by atoms with van der Waals surface area (Å²) in [5.74, 6) is 2.07. The van der Waals surface area contributed by atoms with Crippen LogP contribution in [0.1, 0.15) is 77.0 Å². The summed E-state index contributed by atoms with van der Waals surface area (Å²) in [5.41, 5.74) is 0. The van der Waals surface area contributed by atoms with Crippen LogP contribution in [-0.4, -0.2) is 56.3 Å². The van der Waals surface area contributed by atoms with Crippen LogP contribution in [0.5, 0.6) is 0 Å². The minimum atomic E-state index is 0. The third kappa shape index (κ3) is 2.31. The van der Waals surface area contributed by atoms with Crippen LogP contribution in [0.25, 0.3) is 0 Å². The molecule has 0 radical (unpaired) electrons. The smallest absolute Gasteiger partial charge is 0.366 e. The normalized spacial score (nSPS) is 42.8. The Morgan fingerprint density at radius 1 is 0.630 bits per heavy atom. The van der Waals surface area contributed by atoms with Crippen LogP contribution in [0.4, 0.5) is 0 Å². The molecule has 6 aliphatic rings. The number of carbonyl (C=O) groups is 2. The van der Waals surface area contributed by atoms with Crippen molar-refractivity contribution in [2.45, 2.75) is 101 Å². The molecule has 3 saturated carbocycles. The molecule has 148 valence electrons. The van der Waals surface area contributed by atoms with E-state index in [0.29, 0.717) is 23.9 Å². The van der Waals surface area contributed by atoms with Gasteiger partial charge in [0.1, 0.15) is 12.1 Å². The predicted octanol–water partition coefficient (Wildman–Crippen LogP) is -0.514. The highest BCUT2D eigenvalue weighted by atomic mass is 79.9. The van der Waals surface area contributed by atoms with Gasteiger partial charge in [-0.05, 0) is 64.2 Å². The Bertz CT molecular complexity index is 652. The van der Waals surface area contributed by atoms with Crippen molar-refractivity contribution in [3.8, 4) is 0 Å². The minimum Gasteiger partial charge on any atom is -1.00 e. The average Bonchev–Trinajstić information content (AvgIpc) is 3.03. The zero-order chi connectivity index (χ0) is 17.4. The molecule has 3 heterocycles. The van der Waals surface area contributed by atoms with Crippen LogP contribution in [-0.2, 0) is 9.59 Å². The standard InChI is InChI=1S/C21H30N3O2.BrH/c25-19-13-7-1-3-9-15(13)22-16-10-4-2-8-14(16)20(26)24-18-12-6-5-11-17(18)23(19)21(22)24;/h13-18H,1-12H2;1H/q+1;/p-1. The van der Waals surface area contributed by atoms with Crippen molar-refractivity contribution in [2.75, 3.05) is 0 Å². The highest BCUT2D eigenvalue weighted by Gasteiger charge is 2.67. The molecule has 0 aromatic carbocycles. The van der Waals surface area contributed by atoms with E-state index < -0.39 is 0 Å². The quantitative estimate of drug-likeness (QED) is 0.480. The van der Waals surface area contributed by atoms with E-state index in [1.807, 2.05) is 0 Å². The lowest BCUT2D eigenvalue weighted by Crippen LogP contribution is -3.00. The van der Waals surface area contributed by atoms with E-state index in [-0.39, 0.29) is 40.9 Å². The van der Waals surface area contributed by atoms with Gasteiger partial charge < -0.3 is 17.0 Å². The summed E-state index contributed by atoms with van der Waals surface area (Å²) in [6, 6.07) is 1.20. The van der Waals surface area contributed by atoms with Gasteiger partial charge >= 0.3 is 5.96 Å². The third-order valence-corrected chi connectivity index (χ3v) is 8.30. The second-order valence-electron chi connectivity index (χ2n) is 9.46. The molecular formula is C21H30BrN3O2. The molecule has 4 fully saturated rings. The van der Waals surface area contributed by atoms with Crippen LogP contribution >= 0.6 is 0 Å². The topological polar surface area (TPSA) is 43.6 Å². The molecule has 27 heavy (non-hydrogen) atoms. The summed E-state index contributed by atoms with van der Waals surface area (Å²) < 4.78 is 2.63. The van der Waals surface area contributed by atoms with Gasteiger partial charge in [0.25, 0.3) is 11.8 Å². The summed E-state index contributed by atoms with van der Waals surface area (Å²) in [6.45, 7) is 0. The SMILES string of the molecule is O=C1C2CCCCC2[N+]2=C3N1C1CCCCC1N3C(=O)C1CCCCC12.[Br-]. The second kappa shape index (κ2) is 6.57. The predicted molar refractivity (Wildman–Crippen MR) is 96.5 cm³/mol. The first-order chi connectivity index (χ1) is 12.8. The maximum Gasteiger partial charge on any atom is 0.366 e. The number of hydrogen-bond donors (Lipinski definition) is 0. The summed E-state index contributed by atoms with van der Waals surface area (Å²) in [6.07, 6.45) is 13.7. The highest BCUT2D eigenvalue weighted by Crippen LogP contribution is 2.46. The Kier molecular flexibility index (Phi) is 4.41. The van der Waals surface area contributed by atoms with Crippen molar-refractivity contribution < 1.29 is 31.1 Å². The number of hydrogen-bond acceptors (Lipinski definition) is 2. The number of amides is 2. The van der Waals surface area contributed by atoms with E-state index >= 15 is 0 Å². The van der Waals surface area contributed by atoms with Gasteiger partial charge in [-0.1, -0.05) is 12.8 Å². The molecule has 3 aliphatic carbocycles. The van der Waals surface area contributed by atoms with Crippen molar-refractivity contribution >= 4 is 17.8 Å². The first-order valence-electron chi connectivity index (χ1n) is 11.1. The van der Waals surface area contributed by atoms with Gasteiger partial charge in [-0.2, -0.15) is 9.80 Å². The number of guanidine groups is 1. The molecular weight excluding hydrogens is 406 g/mol. The number of carbonyl (C=O) groups excluding carboxylic acids is 2. The molecule has 0 aromatic heterocycles. The largest absolute Gasteiger partial charge is 1.00 e. The number of rotatable bonds is 0. The zero-order valence-electron chi connectivity index (χ0n) is 16.0. The monoisotopic (exact) mass is 435 g/mol. The Morgan fingerprint density at radius 3 is 1.52 bits per heavy atom. The molecule has 6 atom stereocenters. The fraction of sp³-hybridized carbons (Fsp3) is 0.857. The second-order valence-corrected chi connectivity index (χ2v) is 9.46. The van der Waals surface area contributed by atoms with Crippen molar-refractivity contribution in [3.63, 3.8) is 0 Å². The molecule has 6 heteroatoms. The lowest BCUT2D eigenvalue weighted by Gasteiger charge is -2.46. The molecule has 0 N–H and O–H groups in total. The molecule has 6 unspecified atom stereocenters. The van der Waals surface area contributed by atoms with Crippen molar-refractivity contribution in [2.24, 2.45) is 11.8 Å². The fourth-order valence-corrected chi connectivity index (χ4v) is 7.24. The van der Waals surface area contributed by atoms with Crippen molar-refractivity contribution in [1.82, 2.24) is 9.80 Å². The number of nitrogens with zero attached hydrogens (tertiary/aromatic N) is 3. The molecule has 2 amide bonds. The molecule has 3 aliphatic heterocycles. The third-order valence-electron chi connectivity index (χ3n) is 8.30. The minimum absolute atomic E-state index is 0. The van der Waals surface area contributed by atoms with E-state index in [0.717, 1.165) is 44.5 Å². The van der Waals surface area contributed by atoms with Crippen LogP contribution in [0.2, 0.25) is 0 Å². The highest BCUT2D eigenvalue weighted by molar-refractivity contribution is 6.08. The number of halogens is 1. The zero-order valence-corrected chi connectivity index (χ0v) is 17.6. The van der Waals surface area contributed by atoms with Crippen molar-refractivity contribution in [1.29, 1.82) is 0 Å². The van der Waals surface area contributed by atoms with E-state index in [9.17, 15) is 9.59 Å². The first kappa shape index (κ1) is 18.1. The Morgan fingerprint density at radius 2 is 1.04 bits per heavy atom. The fourth-order valence-electron chi connectivity index (χ4n) is 7.24. The van der Waals surface area contributed by atoms with Crippen molar-refractivity contribution in [3.05, 3.63) is 0 Å². The molecule has 1 saturated heterocycles. The van der Waals surface area contributed by atoms with Gasteiger partial charge in [-0.15, -0.1) is 0 Å². The number of fused-ring (bicyclic) bond motifs is 7. The van der Waals surface area contributed by atoms with E-state index in [4.69, 9.17) is 0 Å². The average molecular weight is 436 g/mol. The first-order valence-corrected chi connectivity index (χ1v) is 11.1. The Hall–Kier alpha value is -0.910. The van der Waals surface area contributed by atoms with E-state index in [2.05, 4.69) is 14.4 Å². The van der Waals surface area contributed by atoms with Gasteiger partial charge in [0.15, 0.2) is 0 Å². The van der Waals surface area contributed by atoms with Crippen LogP contribution in [0.15, 0.2) is 0 Å². The van der Waals surface area contributed by atoms with Gasteiger partial charge in [-0.3, -0.25) is 14.2 Å². The van der Waals surface area contributed by atoms with Crippen LogP contribution < -0.4 is 17.0 Å². The lowest BCUT2D eigenvalue weighted by molar-refractivity contribution is -0.630. The maximum absolute atomic E-state index is 13.5. The van der Waals surface area contributed by atoms with Gasteiger partial charge in [-0.25, -0.2) is 0 Å². The lowest BCUT2D eigenvalue weighted by atomic mass is 9.76.